The van der Waals surface area contributed by atoms with Gasteiger partial charge in [0.25, 0.3) is 5.91 Å². The molecule has 0 bridgehead atoms. The molecule has 5 nitrogen and oxygen atoms in total. The Labute approximate surface area is 127 Å². The van der Waals surface area contributed by atoms with E-state index in [-0.39, 0.29) is 23.4 Å². The molecule has 0 aliphatic carbocycles. The lowest BCUT2D eigenvalue weighted by molar-refractivity contribution is 0.0694. The Morgan fingerprint density at radius 2 is 2.05 bits per heavy atom. The van der Waals surface area contributed by atoms with Crippen LogP contribution in [0, 0.1) is 12.7 Å². The second-order valence-electron chi connectivity index (χ2n) is 4.29. The Balaban J connectivity index is 2.09. The van der Waals surface area contributed by atoms with Gasteiger partial charge in [0.15, 0.2) is 0 Å². The van der Waals surface area contributed by atoms with Crippen LogP contribution in [-0.4, -0.2) is 17.0 Å². The number of carboxylic acids is 1. The quantitative estimate of drug-likeness (QED) is 0.882. The van der Waals surface area contributed by atoms with Crippen LogP contribution in [0.25, 0.3) is 0 Å². The number of rotatable bonds is 4. The van der Waals surface area contributed by atoms with Crippen LogP contribution in [0.15, 0.2) is 33.2 Å². The Morgan fingerprint density at radius 3 is 2.67 bits per heavy atom. The number of benzene rings is 1. The summed E-state index contributed by atoms with van der Waals surface area (Å²) >= 11 is 3.16. The lowest BCUT2D eigenvalue weighted by Gasteiger charge is -2.05. The van der Waals surface area contributed by atoms with Crippen molar-refractivity contribution in [2.45, 2.75) is 13.5 Å². The third-order valence-electron chi connectivity index (χ3n) is 2.80. The zero-order valence-electron chi connectivity index (χ0n) is 10.9. The lowest BCUT2D eigenvalue weighted by Crippen LogP contribution is -2.23. The number of aryl methyl sites for hydroxylation is 1. The Bertz CT molecular complexity index is 711. The Hall–Kier alpha value is -2.15. The van der Waals surface area contributed by atoms with Crippen molar-refractivity contribution in [1.82, 2.24) is 5.32 Å². The molecule has 1 heterocycles. The van der Waals surface area contributed by atoms with Gasteiger partial charge in [0, 0.05) is 4.47 Å². The molecule has 0 fully saturated rings. The highest BCUT2D eigenvalue weighted by Crippen LogP contribution is 2.18. The van der Waals surface area contributed by atoms with Gasteiger partial charge in [0.05, 0.1) is 12.1 Å². The Kier molecular flexibility index (Phi) is 4.42. The van der Waals surface area contributed by atoms with E-state index < -0.39 is 17.7 Å². The fraction of sp³-hybridized carbons (Fsp3) is 0.143. The van der Waals surface area contributed by atoms with Crippen LogP contribution in [0.5, 0.6) is 0 Å². The maximum atomic E-state index is 13.1. The first-order chi connectivity index (χ1) is 9.88. The van der Waals surface area contributed by atoms with Gasteiger partial charge < -0.3 is 14.8 Å². The van der Waals surface area contributed by atoms with E-state index in [1.807, 2.05) is 0 Å². The molecule has 0 aliphatic heterocycles. The summed E-state index contributed by atoms with van der Waals surface area (Å²) in [4.78, 5) is 22.8. The van der Waals surface area contributed by atoms with Gasteiger partial charge in [-0.25, -0.2) is 9.18 Å². The van der Waals surface area contributed by atoms with E-state index in [1.54, 1.807) is 0 Å². The first-order valence-corrected chi connectivity index (χ1v) is 6.73. The fourth-order valence-electron chi connectivity index (χ4n) is 1.78. The number of halogens is 2. The minimum absolute atomic E-state index is 0.00983. The summed E-state index contributed by atoms with van der Waals surface area (Å²) in [5.41, 5.74) is 0.197. The number of hydrogen-bond donors (Lipinski definition) is 2. The van der Waals surface area contributed by atoms with Gasteiger partial charge >= 0.3 is 5.97 Å². The lowest BCUT2D eigenvalue weighted by atomic mass is 10.2. The molecule has 2 rings (SSSR count). The molecule has 0 aliphatic rings. The number of furan rings is 1. The number of amides is 1. The smallest absolute Gasteiger partial charge is 0.339 e. The number of carboxylic acid groups (broad SMARTS) is 1. The van der Waals surface area contributed by atoms with Gasteiger partial charge in [-0.05, 0) is 47.1 Å². The van der Waals surface area contributed by atoms with Gasteiger partial charge in [-0.3, -0.25) is 4.79 Å². The van der Waals surface area contributed by atoms with E-state index in [2.05, 4.69) is 21.2 Å². The van der Waals surface area contributed by atoms with E-state index in [4.69, 9.17) is 9.52 Å². The van der Waals surface area contributed by atoms with Crippen molar-refractivity contribution in [3.8, 4) is 0 Å². The monoisotopic (exact) mass is 355 g/mol. The Morgan fingerprint density at radius 1 is 1.33 bits per heavy atom. The van der Waals surface area contributed by atoms with Crippen molar-refractivity contribution in [1.29, 1.82) is 0 Å². The molecule has 2 N–H and O–H groups in total. The molecule has 21 heavy (non-hydrogen) atoms. The third-order valence-corrected chi connectivity index (χ3v) is 3.49. The van der Waals surface area contributed by atoms with Crippen molar-refractivity contribution >= 4 is 27.8 Å². The van der Waals surface area contributed by atoms with E-state index in [1.165, 1.54) is 25.1 Å². The minimum Gasteiger partial charge on any atom is -0.478 e. The predicted molar refractivity (Wildman–Crippen MR) is 75.7 cm³/mol. The third kappa shape index (κ3) is 3.49. The van der Waals surface area contributed by atoms with E-state index in [0.717, 1.165) is 6.07 Å². The maximum Gasteiger partial charge on any atom is 0.339 e. The first kappa shape index (κ1) is 15.2. The second kappa shape index (κ2) is 6.09. The summed E-state index contributed by atoms with van der Waals surface area (Å²) in [6, 6.07) is 5.12. The van der Waals surface area contributed by atoms with Gasteiger partial charge in [-0.15, -0.1) is 0 Å². The summed E-state index contributed by atoms with van der Waals surface area (Å²) in [6.07, 6.45) is 0. The molecule has 0 radical (unpaired) electrons. The normalized spacial score (nSPS) is 10.4. The molecule has 0 saturated carbocycles. The van der Waals surface area contributed by atoms with Crippen LogP contribution >= 0.6 is 15.9 Å². The molecule has 0 spiro atoms. The maximum absolute atomic E-state index is 13.1. The summed E-state index contributed by atoms with van der Waals surface area (Å²) in [7, 11) is 0. The zero-order valence-corrected chi connectivity index (χ0v) is 12.5. The minimum atomic E-state index is -1.10. The van der Waals surface area contributed by atoms with Gasteiger partial charge in [0.2, 0.25) is 0 Å². The van der Waals surface area contributed by atoms with E-state index in [0.29, 0.717) is 10.2 Å². The molecular weight excluding hydrogens is 345 g/mol. The van der Waals surface area contributed by atoms with Crippen LogP contribution in [0.1, 0.15) is 32.2 Å². The highest BCUT2D eigenvalue weighted by molar-refractivity contribution is 9.10. The first-order valence-electron chi connectivity index (χ1n) is 5.94. The second-order valence-corrected chi connectivity index (χ2v) is 5.15. The molecular formula is C14H11BrFNO4. The average Bonchev–Trinajstić information content (AvgIpc) is 2.80. The molecule has 0 atom stereocenters. The van der Waals surface area contributed by atoms with E-state index >= 15 is 0 Å². The van der Waals surface area contributed by atoms with Crippen LogP contribution in [0.2, 0.25) is 0 Å². The predicted octanol–water partition coefficient (Wildman–Crippen LogP) is 3.12. The molecule has 1 aromatic carbocycles. The molecule has 1 amide bonds. The number of nitrogens with one attached hydrogen (secondary N) is 1. The SMILES string of the molecule is Cc1oc(CNC(=O)c2cc(F)ccc2Br)cc1C(=O)O. The summed E-state index contributed by atoms with van der Waals surface area (Å²) in [6.45, 7) is 1.54. The number of carbonyl (C=O) groups is 2. The molecule has 0 saturated heterocycles. The summed E-state index contributed by atoms with van der Waals surface area (Å²) < 4.78 is 18.8. The van der Waals surface area contributed by atoms with Crippen molar-refractivity contribution in [2.75, 3.05) is 0 Å². The molecule has 7 heteroatoms. The average molecular weight is 356 g/mol. The van der Waals surface area contributed by atoms with Crippen molar-refractivity contribution in [3.05, 3.63) is 57.2 Å². The summed E-state index contributed by atoms with van der Waals surface area (Å²) in [5.74, 6) is -1.54. The molecule has 110 valence electrons. The number of hydrogen-bond acceptors (Lipinski definition) is 3. The fourth-order valence-corrected chi connectivity index (χ4v) is 2.20. The van der Waals surface area contributed by atoms with Crippen LogP contribution < -0.4 is 5.32 Å². The number of carbonyl (C=O) groups excluding carboxylic acids is 1. The zero-order chi connectivity index (χ0) is 15.6. The van der Waals surface area contributed by atoms with Crippen molar-refractivity contribution < 1.29 is 23.5 Å². The molecule has 2 aromatic rings. The van der Waals surface area contributed by atoms with Gasteiger partial charge in [-0.1, -0.05) is 0 Å². The standard InChI is InChI=1S/C14H11BrFNO4/c1-7-10(14(19)20)5-9(21-7)6-17-13(18)11-4-8(16)2-3-12(11)15/h2-5H,6H2,1H3,(H,17,18)(H,19,20). The van der Waals surface area contributed by atoms with Crippen molar-refractivity contribution in [2.24, 2.45) is 0 Å². The molecule has 0 unspecified atom stereocenters. The largest absolute Gasteiger partial charge is 0.478 e. The van der Waals surface area contributed by atoms with Crippen LogP contribution in [-0.2, 0) is 6.54 Å². The topological polar surface area (TPSA) is 79.5 Å². The highest BCUT2D eigenvalue weighted by atomic mass is 79.9. The highest BCUT2D eigenvalue weighted by Gasteiger charge is 2.15. The molecule has 1 aromatic heterocycles. The number of aromatic carboxylic acids is 1. The van der Waals surface area contributed by atoms with Gasteiger partial charge in [0.1, 0.15) is 22.9 Å². The summed E-state index contributed by atoms with van der Waals surface area (Å²) in [5, 5.41) is 11.4. The van der Waals surface area contributed by atoms with Crippen LogP contribution in [0.3, 0.4) is 0 Å². The van der Waals surface area contributed by atoms with E-state index in [9.17, 15) is 14.0 Å². The van der Waals surface area contributed by atoms with Gasteiger partial charge in [-0.2, -0.15) is 0 Å². The van der Waals surface area contributed by atoms with Crippen LogP contribution in [0.4, 0.5) is 4.39 Å². The van der Waals surface area contributed by atoms with Crippen molar-refractivity contribution in [3.63, 3.8) is 0 Å².